The molecule has 0 bridgehead atoms. The third-order valence-corrected chi connectivity index (χ3v) is 19.9. The Balaban J connectivity index is 1.000. The van der Waals surface area contributed by atoms with Gasteiger partial charge in [-0.25, -0.2) is 0 Å². The third kappa shape index (κ3) is 8.53. The Morgan fingerprint density at radius 1 is 0.326 bits per heavy atom. The molecule has 16 rings (SSSR count). The second kappa shape index (κ2) is 21.4. The highest BCUT2D eigenvalue weighted by Crippen LogP contribution is 2.55. The lowest BCUT2D eigenvalue weighted by atomic mass is 9.77. The van der Waals surface area contributed by atoms with E-state index in [1.165, 1.54) is 152 Å². The molecule has 4 nitrogen and oxygen atoms in total. The highest BCUT2D eigenvalue weighted by molar-refractivity contribution is 6.30. The van der Waals surface area contributed by atoms with Crippen LogP contribution in [0.3, 0.4) is 0 Å². The Labute approximate surface area is 504 Å². The molecule has 0 unspecified atom stereocenters. The Kier molecular flexibility index (Phi) is 13.1. The highest BCUT2D eigenvalue weighted by atomic mass is 16.3. The number of anilines is 6. The normalized spacial score (nSPS) is 14.5. The van der Waals surface area contributed by atoms with E-state index in [9.17, 15) is 0 Å². The Morgan fingerprint density at radius 2 is 0.686 bits per heavy atom. The molecule has 0 saturated heterocycles. The molecule has 12 aromatic carbocycles. The van der Waals surface area contributed by atoms with Crippen LogP contribution in [0.5, 0.6) is 0 Å². The van der Waals surface area contributed by atoms with Gasteiger partial charge in [0.15, 0.2) is 11.2 Å². The molecule has 0 amide bonds. The molecule has 0 N–H and O–H groups in total. The van der Waals surface area contributed by atoms with Crippen molar-refractivity contribution in [2.24, 2.45) is 0 Å². The summed E-state index contributed by atoms with van der Waals surface area (Å²) in [6, 6.07) is 78.2. The van der Waals surface area contributed by atoms with Crippen molar-refractivity contribution in [3.63, 3.8) is 0 Å². The van der Waals surface area contributed by atoms with Gasteiger partial charge in [0.1, 0.15) is 11.2 Å². The zero-order valence-electron chi connectivity index (χ0n) is 50.0. The lowest BCUT2D eigenvalue weighted by Gasteiger charge is -2.33. The number of benzene rings is 12. The molecular weight excluding hydrogens is 1040 g/mol. The van der Waals surface area contributed by atoms with E-state index in [0.717, 1.165) is 90.6 Å². The van der Waals surface area contributed by atoms with Crippen molar-refractivity contribution in [2.75, 3.05) is 9.80 Å². The summed E-state index contributed by atoms with van der Waals surface area (Å²) in [5.41, 5.74) is 23.1. The van der Waals surface area contributed by atoms with Crippen molar-refractivity contribution in [1.82, 2.24) is 0 Å². The molecule has 0 spiro atoms. The largest absolute Gasteiger partial charge is 0.453 e. The molecule has 14 aromatic rings. The van der Waals surface area contributed by atoms with Crippen LogP contribution >= 0.6 is 0 Å². The van der Waals surface area contributed by atoms with Crippen LogP contribution in [0.1, 0.15) is 123 Å². The minimum atomic E-state index is 0.427. The molecule has 422 valence electrons. The first-order chi connectivity index (χ1) is 42.4. The molecule has 2 saturated carbocycles. The van der Waals surface area contributed by atoms with Gasteiger partial charge in [-0.05, 0) is 168 Å². The maximum Gasteiger partial charge on any atom is 0.159 e. The van der Waals surface area contributed by atoms with Gasteiger partial charge in [-0.15, -0.1) is 0 Å². The Hall–Kier alpha value is -9.12. The fourth-order valence-corrected chi connectivity index (χ4v) is 15.7. The molecule has 2 heterocycles. The lowest BCUT2D eigenvalue weighted by molar-refractivity contribution is 0.445. The third-order valence-electron chi connectivity index (χ3n) is 19.9. The maximum absolute atomic E-state index is 7.44. The number of furan rings is 2. The van der Waals surface area contributed by atoms with E-state index in [1.807, 2.05) is 0 Å². The number of hydrogen-bond acceptors (Lipinski definition) is 4. The Morgan fingerprint density at radius 3 is 1.09 bits per heavy atom. The molecule has 4 heteroatoms. The van der Waals surface area contributed by atoms with Gasteiger partial charge >= 0.3 is 0 Å². The average Bonchev–Trinajstić information content (AvgIpc) is 1.85. The summed E-state index contributed by atoms with van der Waals surface area (Å²) in [6.07, 6.45) is 14.2. The zero-order chi connectivity index (χ0) is 57.6. The van der Waals surface area contributed by atoms with Crippen molar-refractivity contribution in [1.29, 1.82) is 0 Å². The molecular formula is C82H72N2O2. The summed E-state index contributed by atoms with van der Waals surface area (Å²) < 4.78 is 14.9. The number of aryl methyl sites for hydroxylation is 4. The molecule has 2 aromatic heterocycles. The van der Waals surface area contributed by atoms with E-state index in [2.05, 4.69) is 244 Å². The van der Waals surface area contributed by atoms with Crippen LogP contribution in [-0.2, 0) is 12.8 Å². The smallest absolute Gasteiger partial charge is 0.159 e. The van der Waals surface area contributed by atoms with Crippen LogP contribution < -0.4 is 9.80 Å². The molecule has 2 aliphatic carbocycles. The number of rotatable bonds is 12. The summed E-state index contributed by atoms with van der Waals surface area (Å²) >= 11 is 0. The van der Waals surface area contributed by atoms with Crippen LogP contribution in [0.15, 0.2) is 215 Å². The van der Waals surface area contributed by atoms with Gasteiger partial charge < -0.3 is 18.6 Å². The predicted octanol–water partition coefficient (Wildman–Crippen LogP) is 24.5. The lowest BCUT2D eigenvalue weighted by Crippen LogP contribution is -2.14. The maximum atomic E-state index is 7.44. The van der Waals surface area contributed by atoms with Crippen LogP contribution in [-0.4, -0.2) is 0 Å². The number of fused-ring (bicyclic) bond motifs is 6. The standard InChI is InChI=1S/C82H72N2O2/c1-5-53-21-13-15-27-59(53)63-29-17-31-65-67-33-19-35-73(81(67)85-79(63)65)83(57-41-37-51(3)38-42-57)75-49-71(55-23-9-7-10-24-55)61-46-48-70-76(50-72(56-25-11-8-12-26-56)62-45-47-69(75)77(61)78(62)70)84(58-43-39-52(4)40-44-58)74-36-20-34-68-66-32-18-30-64(80(66)86-82(68)74)60-28-16-14-22-54(60)6-2/h13-22,27-50,55-56H,5-12,23-26H2,1-4H3. The second-order valence-electron chi connectivity index (χ2n) is 25.0. The topological polar surface area (TPSA) is 32.8 Å². The van der Waals surface area contributed by atoms with E-state index in [0.29, 0.717) is 11.8 Å². The van der Waals surface area contributed by atoms with Crippen molar-refractivity contribution < 1.29 is 8.83 Å². The monoisotopic (exact) mass is 1120 g/mol. The first-order valence-electron chi connectivity index (χ1n) is 32.0. The molecule has 0 atom stereocenters. The first kappa shape index (κ1) is 52.4. The minimum Gasteiger partial charge on any atom is -0.453 e. The summed E-state index contributed by atoms with van der Waals surface area (Å²) in [5, 5.41) is 12.5. The quantitative estimate of drug-likeness (QED) is 0.114. The molecule has 2 fully saturated rings. The molecule has 86 heavy (non-hydrogen) atoms. The number of hydrogen-bond donors (Lipinski definition) is 0. The molecule has 2 aliphatic rings. The SMILES string of the molecule is CCc1ccccc1-c1cccc2c1oc1c(N(c3ccc(C)cc3)c3cc(C4CCCCC4)c4ccc5c(N(c6ccc(C)cc6)c6cccc7c6oc6c(-c8ccccc8CC)cccc67)cc(C6CCCCC6)c6ccc3c4c65)cccc12. The van der Waals surface area contributed by atoms with Gasteiger partial charge in [0.05, 0.1) is 22.7 Å². The number of nitrogens with zero attached hydrogens (tertiary/aromatic N) is 2. The van der Waals surface area contributed by atoms with Crippen molar-refractivity contribution in [3.05, 3.63) is 240 Å². The van der Waals surface area contributed by atoms with Gasteiger partial charge in [0, 0.05) is 54.8 Å². The molecule has 0 radical (unpaired) electrons. The van der Waals surface area contributed by atoms with E-state index in [-0.39, 0.29) is 0 Å². The van der Waals surface area contributed by atoms with Crippen molar-refractivity contribution in [2.45, 2.75) is 117 Å². The van der Waals surface area contributed by atoms with Crippen molar-refractivity contribution >= 4 is 110 Å². The summed E-state index contributed by atoms with van der Waals surface area (Å²) in [5.74, 6) is 0.854. The first-order valence-corrected chi connectivity index (χ1v) is 32.0. The zero-order valence-corrected chi connectivity index (χ0v) is 50.0. The van der Waals surface area contributed by atoms with E-state index in [4.69, 9.17) is 8.83 Å². The van der Waals surface area contributed by atoms with E-state index >= 15 is 0 Å². The van der Waals surface area contributed by atoms with Crippen LogP contribution in [0, 0.1) is 13.8 Å². The van der Waals surface area contributed by atoms with E-state index < -0.39 is 0 Å². The number of para-hydroxylation sites is 4. The van der Waals surface area contributed by atoms with Crippen LogP contribution in [0.4, 0.5) is 34.1 Å². The fraction of sp³-hybridized carbons (Fsp3) is 0.220. The van der Waals surface area contributed by atoms with Gasteiger partial charge in [-0.3, -0.25) is 0 Å². The predicted molar refractivity (Wildman–Crippen MR) is 365 cm³/mol. The minimum absolute atomic E-state index is 0.427. The fourth-order valence-electron chi connectivity index (χ4n) is 15.7. The van der Waals surface area contributed by atoms with Crippen LogP contribution in [0.2, 0.25) is 0 Å². The summed E-state index contributed by atoms with van der Waals surface area (Å²) in [4.78, 5) is 5.11. The summed E-state index contributed by atoms with van der Waals surface area (Å²) in [7, 11) is 0. The second-order valence-corrected chi connectivity index (χ2v) is 25.0. The van der Waals surface area contributed by atoms with Crippen molar-refractivity contribution in [3.8, 4) is 22.3 Å². The average molecular weight is 1120 g/mol. The van der Waals surface area contributed by atoms with Gasteiger partial charge in [-0.1, -0.05) is 221 Å². The Bertz CT molecular complexity index is 4580. The van der Waals surface area contributed by atoms with Gasteiger partial charge in [-0.2, -0.15) is 0 Å². The highest BCUT2D eigenvalue weighted by Gasteiger charge is 2.32. The van der Waals surface area contributed by atoms with Crippen LogP contribution in [0.25, 0.3) is 98.4 Å². The summed E-state index contributed by atoms with van der Waals surface area (Å²) in [6.45, 7) is 8.88. The molecule has 0 aliphatic heterocycles. The van der Waals surface area contributed by atoms with E-state index in [1.54, 1.807) is 0 Å². The van der Waals surface area contributed by atoms with Gasteiger partial charge in [0.25, 0.3) is 0 Å². The van der Waals surface area contributed by atoms with Gasteiger partial charge in [0.2, 0.25) is 0 Å².